The van der Waals surface area contributed by atoms with Gasteiger partial charge in [-0.2, -0.15) is 9.90 Å². The van der Waals surface area contributed by atoms with Gasteiger partial charge in [-0.1, -0.05) is 0 Å². The number of anilines is 1. The van der Waals surface area contributed by atoms with Gasteiger partial charge in [-0.3, -0.25) is 0 Å². The molecule has 0 aliphatic heterocycles. The summed E-state index contributed by atoms with van der Waals surface area (Å²) in [5.41, 5.74) is 5.16. The van der Waals surface area contributed by atoms with Gasteiger partial charge in [0, 0.05) is 6.92 Å². The molecule has 0 aliphatic carbocycles. The summed E-state index contributed by atoms with van der Waals surface area (Å²) < 4.78 is 24.6. The molecule has 1 heterocycles. The lowest BCUT2D eigenvalue weighted by molar-refractivity contribution is -0.00328. The second-order valence-electron chi connectivity index (χ2n) is 2.37. The van der Waals surface area contributed by atoms with Gasteiger partial charge in [0.25, 0.3) is 5.92 Å². The molecule has 0 aliphatic rings. The zero-order chi connectivity index (χ0) is 8.48. The van der Waals surface area contributed by atoms with Crippen LogP contribution in [0.4, 0.5) is 14.6 Å². The summed E-state index contributed by atoms with van der Waals surface area (Å²) in [6.07, 6.45) is 1.23. The second kappa shape index (κ2) is 2.44. The number of rotatable bonds is 2. The van der Waals surface area contributed by atoms with Gasteiger partial charge in [-0.25, -0.2) is 8.78 Å². The van der Waals surface area contributed by atoms with Crippen LogP contribution in [-0.2, 0) is 6.54 Å². The Hall–Kier alpha value is -1.20. The smallest absolute Gasteiger partial charge is 0.266 e. The van der Waals surface area contributed by atoms with Crippen LogP contribution in [0.3, 0.4) is 0 Å². The molecule has 0 radical (unpaired) electrons. The zero-order valence-corrected chi connectivity index (χ0v) is 5.96. The van der Waals surface area contributed by atoms with Crippen LogP contribution < -0.4 is 5.73 Å². The minimum atomic E-state index is -2.80. The number of nitrogens with two attached hydrogens (primary N) is 1. The van der Waals surface area contributed by atoms with Crippen LogP contribution in [0, 0.1) is 0 Å². The molecule has 4 nitrogen and oxygen atoms in total. The molecule has 6 heteroatoms. The van der Waals surface area contributed by atoms with E-state index in [4.69, 9.17) is 5.73 Å². The molecule has 0 amide bonds. The number of hydrogen-bond donors (Lipinski definition) is 1. The van der Waals surface area contributed by atoms with Crippen LogP contribution in [0.5, 0.6) is 0 Å². The number of halogens is 2. The third-order valence-corrected chi connectivity index (χ3v) is 0.973. The van der Waals surface area contributed by atoms with Gasteiger partial charge in [0.1, 0.15) is 6.54 Å². The van der Waals surface area contributed by atoms with Crippen LogP contribution in [0.15, 0.2) is 6.20 Å². The Morgan fingerprint density at radius 3 is 2.73 bits per heavy atom. The van der Waals surface area contributed by atoms with Crippen molar-refractivity contribution < 1.29 is 8.78 Å². The van der Waals surface area contributed by atoms with Crippen molar-refractivity contribution in [1.29, 1.82) is 0 Å². The highest BCUT2D eigenvalue weighted by Gasteiger charge is 2.22. The van der Waals surface area contributed by atoms with Crippen LogP contribution >= 0.6 is 0 Å². The van der Waals surface area contributed by atoms with E-state index in [1.807, 2.05) is 0 Å². The van der Waals surface area contributed by atoms with Gasteiger partial charge < -0.3 is 5.73 Å². The maximum absolute atomic E-state index is 12.3. The summed E-state index contributed by atoms with van der Waals surface area (Å²) in [5.74, 6) is -2.65. The maximum atomic E-state index is 12.3. The van der Waals surface area contributed by atoms with E-state index in [1.54, 1.807) is 0 Å². The molecule has 0 aromatic carbocycles. The molecule has 0 unspecified atom stereocenters. The third kappa shape index (κ3) is 2.48. The molecular weight excluding hydrogens is 154 g/mol. The molecule has 1 aromatic heterocycles. The summed E-state index contributed by atoms with van der Waals surface area (Å²) in [6.45, 7) is 0.261. The van der Waals surface area contributed by atoms with Crippen molar-refractivity contribution in [1.82, 2.24) is 15.0 Å². The molecule has 0 fully saturated rings. The van der Waals surface area contributed by atoms with Crippen LogP contribution in [-0.4, -0.2) is 20.9 Å². The SMILES string of the molecule is CC(F)(F)Cn1ncc(N)n1. The Kier molecular flexibility index (Phi) is 1.76. The molecule has 2 N–H and O–H groups in total. The normalized spacial score (nSPS) is 11.9. The first-order valence-corrected chi connectivity index (χ1v) is 3.01. The topological polar surface area (TPSA) is 56.7 Å². The number of alkyl halides is 2. The highest BCUT2D eigenvalue weighted by molar-refractivity contribution is 5.19. The lowest BCUT2D eigenvalue weighted by Gasteiger charge is -2.07. The van der Waals surface area contributed by atoms with E-state index in [1.165, 1.54) is 6.20 Å². The van der Waals surface area contributed by atoms with E-state index < -0.39 is 12.5 Å². The lowest BCUT2D eigenvalue weighted by atomic mass is 10.4. The van der Waals surface area contributed by atoms with Crippen molar-refractivity contribution in [2.75, 3.05) is 5.73 Å². The van der Waals surface area contributed by atoms with Crippen molar-refractivity contribution in [2.45, 2.75) is 19.4 Å². The summed E-state index contributed by atoms with van der Waals surface area (Å²) in [5, 5.41) is 7.00. The van der Waals surface area contributed by atoms with Gasteiger partial charge in [0.15, 0.2) is 5.82 Å². The molecule has 0 saturated heterocycles. The quantitative estimate of drug-likeness (QED) is 0.689. The number of nitrogens with zero attached hydrogens (tertiary/aromatic N) is 3. The van der Waals surface area contributed by atoms with Crippen LogP contribution in [0.1, 0.15) is 6.92 Å². The average molecular weight is 162 g/mol. The first-order valence-electron chi connectivity index (χ1n) is 3.01. The standard InChI is InChI=1S/C5H8F2N4/c1-5(6,7)3-11-9-2-4(8)10-11/h2H,3H2,1H3,(H2,8,10). The molecule has 0 spiro atoms. The fourth-order valence-corrected chi connectivity index (χ4v) is 0.635. The molecule has 11 heavy (non-hydrogen) atoms. The Morgan fingerprint density at radius 2 is 2.36 bits per heavy atom. The average Bonchev–Trinajstić information content (AvgIpc) is 2.10. The highest BCUT2D eigenvalue weighted by Crippen LogP contribution is 2.13. The van der Waals surface area contributed by atoms with E-state index in [2.05, 4.69) is 10.2 Å². The van der Waals surface area contributed by atoms with Crippen LogP contribution in [0.25, 0.3) is 0 Å². The molecule has 0 saturated carbocycles. The predicted molar refractivity (Wildman–Crippen MR) is 35.1 cm³/mol. The number of nitrogen functional groups attached to an aromatic ring is 1. The van der Waals surface area contributed by atoms with Gasteiger partial charge in [-0.05, 0) is 0 Å². The van der Waals surface area contributed by atoms with Crippen molar-refractivity contribution in [3.63, 3.8) is 0 Å². The largest absolute Gasteiger partial charge is 0.381 e. The predicted octanol–water partition coefficient (Wildman–Crippen LogP) is 0.516. The fraction of sp³-hybridized carbons (Fsp3) is 0.600. The van der Waals surface area contributed by atoms with E-state index in [9.17, 15) is 8.78 Å². The second-order valence-corrected chi connectivity index (χ2v) is 2.37. The Morgan fingerprint density at radius 1 is 1.73 bits per heavy atom. The molecule has 1 rings (SSSR count). The molecule has 1 aromatic rings. The Labute approximate surface area is 62.0 Å². The van der Waals surface area contributed by atoms with Gasteiger partial charge in [0.2, 0.25) is 0 Å². The number of hydrogen-bond acceptors (Lipinski definition) is 3. The Balaban J connectivity index is 2.65. The minimum Gasteiger partial charge on any atom is -0.381 e. The summed E-state index contributed by atoms with van der Waals surface area (Å²) in [4.78, 5) is 0.870. The summed E-state index contributed by atoms with van der Waals surface area (Å²) >= 11 is 0. The first-order chi connectivity index (χ1) is 4.97. The lowest BCUT2D eigenvalue weighted by Crippen LogP contribution is -2.21. The number of aromatic nitrogens is 3. The monoisotopic (exact) mass is 162 g/mol. The summed E-state index contributed by atoms with van der Waals surface area (Å²) in [7, 11) is 0. The van der Waals surface area contributed by atoms with Crippen molar-refractivity contribution in [3.8, 4) is 0 Å². The van der Waals surface area contributed by atoms with E-state index >= 15 is 0 Å². The first kappa shape index (κ1) is 7.90. The Bertz CT molecular complexity index is 239. The maximum Gasteiger partial charge on any atom is 0.266 e. The highest BCUT2D eigenvalue weighted by atomic mass is 19.3. The van der Waals surface area contributed by atoms with Crippen LogP contribution in [0.2, 0.25) is 0 Å². The van der Waals surface area contributed by atoms with Crippen molar-refractivity contribution in [2.24, 2.45) is 0 Å². The van der Waals surface area contributed by atoms with Gasteiger partial charge >= 0.3 is 0 Å². The molecule has 0 bridgehead atoms. The minimum absolute atomic E-state index is 0.147. The molecule has 0 atom stereocenters. The fourth-order valence-electron chi connectivity index (χ4n) is 0.635. The zero-order valence-electron chi connectivity index (χ0n) is 5.96. The summed E-state index contributed by atoms with van der Waals surface area (Å²) in [6, 6.07) is 0. The third-order valence-electron chi connectivity index (χ3n) is 0.973. The van der Waals surface area contributed by atoms with Gasteiger partial charge in [-0.15, -0.1) is 5.10 Å². The van der Waals surface area contributed by atoms with E-state index in [0.29, 0.717) is 0 Å². The van der Waals surface area contributed by atoms with E-state index in [0.717, 1.165) is 11.7 Å². The molecular formula is C5H8F2N4. The van der Waals surface area contributed by atoms with Crippen molar-refractivity contribution >= 4 is 5.82 Å². The van der Waals surface area contributed by atoms with Gasteiger partial charge in [0.05, 0.1) is 6.20 Å². The van der Waals surface area contributed by atoms with Crippen molar-refractivity contribution in [3.05, 3.63) is 6.20 Å². The molecule has 62 valence electrons. The van der Waals surface area contributed by atoms with E-state index in [-0.39, 0.29) is 5.82 Å².